The maximum absolute atomic E-state index is 9.42. The first kappa shape index (κ1) is 8.97. The van der Waals surface area contributed by atoms with Gasteiger partial charge in [-0.25, -0.2) is 0 Å². The fourth-order valence-electron chi connectivity index (χ4n) is 1.66. The van der Waals surface area contributed by atoms with Crippen LogP contribution in [-0.2, 0) is 0 Å². The molecule has 0 spiro atoms. The Morgan fingerprint density at radius 2 is 1.73 bits per heavy atom. The molecule has 0 bridgehead atoms. The summed E-state index contributed by atoms with van der Waals surface area (Å²) in [6.07, 6.45) is 3.05. The number of hydrogen-bond donors (Lipinski definition) is 3. The molecule has 66 valence electrons. The van der Waals surface area contributed by atoms with Crippen LogP contribution in [0.1, 0.15) is 32.6 Å². The maximum Gasteiger partial charge on any atom is 0.113 e. The van der Waals surface area contributed by atoms with E-state index in [4.69, 9.17) is 5.73 Å². The van der Waals surface area contributed by atoms with Gasteiger partial charge in [-0.15, -0.1) is 0 Å². The monoisotopic (exact) mass is 159 g/mol. The van der Waals surface area contributed by atoms with Crippen LogP contribution in [0.5, 0.6) is 0 Å². The van der Waals surface area contributed by atoms with E-state index in [-0.39, 0.29) is 12.0 Å². The Labute approximate surface area is 67.2 Å². The molecule has 0 heterocycles. The van der Waals surface area contributed by atoms with E-state index in [1.165, 1.54) is 0 Å². The summed E-state index contributed by atoms with van der Waals surface area (Å²) in [6, 6.07) is 0. The van der Waals surface area contributed by atoms with Crippen molar-refractivity contribution in [2.24, 2.45) is 11.7 Å². The third-order valence-corrected chi connectivity index (χ3v) is 2.52. The molecule has 0 amide bonds. The van der Waals surface area contributed by atoms with Gasteiger partial charge in [0.25, 0.3) is 0 Å². The highest BCUT2D eigenvalue weighted by Crippen LogP contribution is 2.29. The van der Waals surface area contributed by atoms with Crippen molar-refractivity contribution in [1.82, 2.24) is 0 Å². The number of nitrogens with two attached hydrogens (primary N) is 1. The molecule has 0 aromatic rings. The second-order valence-electron chi connectivity index (χ2n) is 3.73. The molecule has 11 heavy (non-hydrogen) atoms. The predicted octanol–water partition coefficient (Wildman–Crippen LogP) is 0.205. The van der Waals surface area contributed by atoms with Crippen molar-refractivity contribution in [1.29, 1.82) is 0 Å². The molecular formula is C8H17NO2. The minimum absolute atomic E-state index is 0.158. The third-order valence-electron chi connectivity index (χ3n) is 2.52. The summed E-state index contributed by atoms with van der Waals surface area (Å²) in [5.74, 6) is 0.158. The van der Waals surface area contributed by atoms with Crippen LogP contribution in [0.25, 0.3) is 0 Å². The van der Waals surface area contributed by atoms with Crippen molar-refractivity contribution in [3.05, 3.63) is 0 Å². The molecular weight excluding hydrogens is 142 g/mol. The van der Waals surface area contributed by atoms with Gasteiger partial charge in [-0.3, -0.25) is 0 Å². The lowest BCUT2D eigenvalue weighted by Gasteiger charge is -2.33. The molecule has 3 nitrogen and oxygen atoms in total. The van der Waals surface area contributed by atoms with Crippen LogP contribution in [-0.4, -0.2) is 22.0 Å². The van der Waals surface area contributed by atoms with Gasteiger partial charge in [0.1, 0.15) is 5.72 Å². The van der Waals surface area contributed by atoms with Gasteiger partial charge < -0.3 is 15.9 Å². The van der Waals surface area contributed by atoms with Crippen LogP contribution in [0, 0.1) is 5.92 Å². The molecule has 1 atom stereocenters. The molecule has 1 saturated carbocycles. The molecule has 1 unspecified atom stereocenters. The largest absolute Gasteiger partial charge is 0.393 e. The summed E-state index contributed by atoms with van der Waals surface area (Å²) >= 11 is 0. The van der Waals surface area contributed by atoms with Crippen molar-refractivity contribution in [2.45, 2.75) is 44.4 Å². The molecule has 4 N–H and O–H groups in total. The smallest absolute Gasteiger partial charge is 0.113 e. The van der Waals surface area contributed by atoms with Crippen LogP contribution in [0.3, 0.4) is 0 Å². The standard InChI is InChI=1S/C8H17NO2/c1-8(9,11)6-2-4-7(10)5-3-6/h6-7,10-11H,2-5,9H2,1H3. The number of rotatable bonds is 1. The molecule has 0 aromatic heterocycles. The van der Waals surface area contributed by atoms with Gasteiger partial charge in [0.05, 0.1) is 6.10 Å². The molecule has 1 fully saturated rings. The van der Waals surface area contributed by atoms with Gasteiger partial charge in [-0.1, -0.05) is 0 Å². The second kappa shape index (κ2) is 3.09. The summed E-state index contributed by atoms with van der Waals surface area (Å²) in [4.78, 5) is 0. The van der Waals surface area contributed by atoms with Crippen LogP contribution >= 0.6 is 0 Å². The van der Waals surface area contributed by atoms with E-state index in [2.05, 4.69) is 0 Å². The first-order valence-electron chi connectivity index (χ1n) is 4.19. The van der Waals surface area contributed by atoms with E-state index in [0.717, 1.165) is 25.7 Å². The molecule has 3 heteroatoms. The zero-order valence-electron chi connectivity index (χ0n) is 6.95. The van der Waals surface area contributed by atoms with Gasteiger partial charge in [-0.05, 0) is 32.6 Å². The zero-order chi connectivity index (χ0) is 8.48. The summed E-state index contributed by atoms with van der Waals surface area (Å²) in [5.41, 5.74) is 4.47. The predicted molar refractivity (Wildman–Crippen MR) is 42.8 cm³/mol. The molecule has 0 aromatic carbocycles. The van der Waals surface area contributed by atoms with Gasteiger partial charge in [0.15, 0.2) is 0 Å². The minimum atomic E-state index is -1.06. The van der Waals surface area contributed by atoms with Crippen molar-refractivity contribution in [2.75, 3.05) is 0 Å². The minimum Gasteiger partial charge on any atom is -0.393 e. The van der Waals surface area contributed by atoms with E-state index >= 15 is 0 Å². The topological polar surface area (TPSA) is 66.5 Å². The molecule has 1 aliphatic rings. The van der Waals surface area contributed by atoms with Gasteiger partial charge in [0, 0.05) is 5.92 Å². The van der Waals surface area contributed by atoms with E-state index < -0.39 is 5.72 Å². The lowest BCUT2D eigenvalue weighted by atomic mass is 9.81. The molecule has 0 aliphatic heterocycles. The zero-order valence-corrected chi connectivity index (χ0v) is 6.95. The highest BCUT2D eigenvalue weighted by molar-refractivity contribution is 4.81. The van der Waals surface area contributed by atoms with Crippen molar-refractivity contribution in [3.63, 3.8) is 0 Å². The number of aliphatic hydroxyl groups excluding tert-OH is 1. The fourth-order valence-corrected chi connectivity index (χ4v) is 1.66. The Balaban J connectivity index is 2.39. The summed E-state index contributed by atoms with van der Waals surface area (Å²) in [5, 5.41) is 18.6. The van der Waals surface area contributed by atoms with Crippen molar-refractivity contribution < 1.29 is 10.2 Å². The summed E-state index contributed by atoms with van der Waals surface area (Å²) in [6.45, 7) is 1.63. The highest BCUT2D eigenvalue weighted by Gasteiger charge is 2.30. The Bertz CT molecular complexity index is 123. The average molecular weight is 159 g/mol. The molecule has 0 radical (unpaired) electrons. The lowest BCUT2D eigenvalue weighted by molar-refractivity contribution is -0.0283. The van der Waals surface area contributed by atoms with Crippen LogP contribution < -0.4 is 5.73 Å². The Kier molecular flexibility index (Phi) is 2.52. The number of hydrogen-bond acceptors (Lipinski definition) is 3. The first-order chi connectivity index (χ1) is 5.00. The Morgan fingerprint density at radius 1 is 1.27 bits per heavy atom. The van der Waals surface area contributed by atoms with Crippen LogP contribution in [0.4, 0.5) is 0 Å². The molecule has 0 saturated heterocycles. The van der Waals surface area contributed by atoms with Gasteiger partial charge in [0.2, 0.25) is 0 Å². The third kappa shape index (κ3) is 2.43. The quantitative estimate of drug-likeness (QED) is 0.479. The van der Waals surface area contributed by atoms with Gasteiger partial charge in [-0.2, -0.15) is 0 Å². The normalized spacial score (nSPS) is 38.2. The van der Waals surface area contributed by atoms with Gasteiger partial charge >= 0.3 is 0 Å². The van der Waals surface area contributed by atoms with Crippen LogP contribution in [0.2, 0.25) is 0 Å². The van der Waals surface area contributed by atoms with Crippen LogP contribution in [0.15, 0.2) is 0 Å². The summed E-state index contributed by atoms with van der Waals surface area (Å²) in [7, 11) is 0. The fraction of sp³-hybridized carbons (Fsp3) is 1.00. The first-order valence-corrected chi connectivity index (χ1v) is 4.19. The van der Waals surface area contributed by atoms with E-state index in [0.29, 0.717) is 0 Å². The van der Waals surface area contributed by atoms with E-state index in [1.807, 2.05) is 0 Å². The highest BCUT2D eigenvalue weighted by atomic mass is 16.3. The lowest BCUT2D eigenvalue weighted by Crippen LogP contribution is -2.45. The van der Waals surface area contributed by atoms with Crippen molar-refractivity contribution in [3.8, 4) is 0 Å². The van der Waals surface area contributed by atoms with E-state index in [1.54, 1.807) is 6.92 Å². The Hall–Kier alpha value is -0.120. The second-order valence-corrected chi connectivity index (χ2v) is 3.73. The molecule has 1 rings (SSSR count). The Morgan fingerprint density at radius 3 is 2.09 bits per heavy atom. The maximum atomic E-state index is 9.42. The number of aliphatic hydroxyl groups is 2. The summed E-state index contributed by atoms with van der Waals surface area (Å²) < 4.78 is 0. The molecule has 1 aliphatic carbocycles. The van der Waals surface area contributed by atoms with E-state index in [9.17, 15) is 10.2 Å². The SMILES string of the molecule is CC(N)(O)C1CCC(O)CC1. The average Bonchev–Trinajstić information content (AvgIpc) is 1.86. The van der Waals surface area contributed by atoms with Crippen molar-refractivity contribution >= 4 is 0 Å².